The molecule has 1 aromatic rings. The maximum absolute atomic E-state index is 10.9. The Hall–Kier alpha value is -1.40. The molecule has 0 aromatic carbocycles. The summed E-state index contributed by atoms with van der Waals surface area (Å²) in [6.45, 7) is 3.59. The van der Waals surface area contributed by atoms with Crippen molar-refractivity contribution < 1.29 is 9.53 Å². The SMILES string of the molecule is COCCN1CC(n2cc(C(N)=O)cn2)C1. The Labute approximate surface area is 94.0 Å². The van der Waals surface area contributed by atoms with Crippen LogP contribution >= 0.6 is 0 Å². The Morgan fingerprint density at radius 1 is 1.69 bits per heavy atom. The van der Waals surface area contributed by atoms with Crippen LogP contribution in [-0.2, 0) is 4.74 Å². The summed E-state index contributed by atoms with van der Waals surface area (Å²) in [4.78, 5) is 13.2. The fourth-order valence-electron chi connectivity index (χ4n) is 1.78. The van der Waals surface area contributed by atoms with Crippen LogP contribution in [0.3, 0.4) is 0 Å². The molecule has 16 heavy (non-hydrogen) atoms. The number of rotatable bonds is 5. The van der Waals surface area contributed by atoms with E-state index in [9.17, 15) is 4.79 Å². The zero-order valence-electron chi connectivity index (χ0n) is 9.30. The Morgan fingerprint density at radius 2 is 2.44 bits per heavy atom. The van der Waals surface area contributed by atoms with E-state index in [0.717, 1.165) is 26.2 Å². The fourth-order valence-corrected chi connectivity index (χ4v) is 1.78. The molecule has 0 saturated carbocycles. The lowest BCUT2D eigenvalue weighted by Gasteiger charge is -2.38. The molecule has 88 valence electrons. The summed E-state index contributed by atoms with van der Waals surface area (Å²) in [5.74, 6) is -0.429. The summed E-state index contributed by atoms with van der Waals surface area (Å²) in [7, 11) is 1.70. The second kappa shape index (κ2) is 4.63. The average molecular weight is 224 g/mol. The van der Waals surface area contributed by atoms with Gasteiger partial charge in [-0.25, -0.2) is 0 Å². The van der Waals surface area contributed by atoms with Crippen LogP contribution in [0.15, 0.2) is 12.4 Å². The molecular weight excluding hydrogens is 208 g/mol. The summed E-state index contributed by atoms with van der Waals surface area (Å²) in [6.07, 6.45) is 3.22. The van der Waals surface area contributed by atoms with Gasteiger partial charge in [0.1, 0.15) is 0 Å². The van der Waals surface area contributed by atoms with Crippen LogP contribution in [0.25, 0.3) is 0 Å². The highest BCUT2D eigenvalue weighted by Gasteiger charge is 2.28. The predicted octanol–water partition coefficient (Wildman–Crippen LogP) is -0.515. The summed E-state index contributed by atoms with van der Waals surface area (Å²) in [5.41, 5.74) is 5.63. The number of carbonyl (C=O) groups is 1. The molecule has 1 fully saturated rings. The fraction of sp³-hybridized carbons (Fsp3) is 0.600. The minimum Gasteiger partial charge on any atom is -0.383 e. The monoisotopic (exact) mass is 224 g/mol. The number of nitrogens with two attached hydrogens (primary N) is 1. The molecule has 2 rings (SSSR count). The van der Waals surface area contributed by atoms with E-state index in [1.54, 1.807) is 13.3 Å². The van der Waals surface area contributed by atoms with Crippen molar-refractivity contribution in [2.45, 2.75) is 6.04 Å². The minimum absolute atomic E-state index is 0.352. The Kier molecular flexibility index (Phi) is 3.21. The largest absolute Gasteiger partial charge is 0.383 e. The molecule has 1 aliphatic rings. The normalized spacial score (nSPS) is 17.3. The highest BCUT2D eigenvalue weighted by molar-refractivity contribution is 5.92. The number of methoxy groups -OCH3 is 1. The number of hydrogen-bond donors (Lipinski definition) is 1. The van der Waals surface area contributed by atoms with Crippen LogP contribution in [0.2, 0.25) is 0 Å². The maximum atomic E-state index is 10.9. The van der Waals surface area contributed by atoms with Crippen molar-refractivity contribution in [3.8, 4) is 0 Å². The smallest absolute Gasteiger partial charge is 0.251 e. The molecular formula is C10H16N4O2. The quantitative estimate of drug-likeness (QED) is 0.730. The Morgan fingerprint density at radius 3 is 3.00 bits per heavy atom. The van der Waals surface area contributed by atoms with E-state index in [2.05, 4.69) is 10.00 Å². The molecule has 1 aromatic heterocycles. The van der Waals surface area contributed by atoms with E-state index in [1.165, 1.54) is 6.20 Å². The number of carbonyl (C=O) groups excluding carboxylic acids is 1. The van der Waals surface area contributed by atoms with Gasteiger partial charge < -0.3 is 10.5 Å². The maximum Gasteiger partial charge on any atom is 0.251 e. The molecule has 0 bridgehead atoms. The average Bonchev–Trinajstić information content (AvgIpc) is 2.64. The molecule has 2 heterocycles. The standard InChI is InChI=1S/C10H16N4O2/c1-16-3-2-13-6-9(7-13)14-5-8(4-12-14)10(11)15/h4-5,9H,2-3,6-7H2,1H3,(H2,11,15). The van der Waals surface area contributed by atoms with Crippen molar-refractivity contribution in [3.63, 3.8) is 0 Å². The zero-order valence-corrected chi connectivity index (χ0v) is 9.30. The minimum atomic E-state index is -0.429. The lowest BCUT2D eigenvalue weighted by molar-refractivity contribution is 0.0644. The molecule has 1 aliphatic heterocycles. The van der Waals surface area contributed by atoms with E-state index in [4.69, 9.17) is 10.5 Å². The summed E-state index contributed by atoms with van der Waals surface area (Å²) in [5, 5.41) is 4.13. The molecule has 1 saturated heterocycles. The molecule has 0 spiro atoms. The summed E-state index contributed by atoms with van der Waals surface area (Å²) < 4.78 is 6.81. The topological polar surface area (TPSA) is 73.4 Å². The van der Waals surface area contributed by atoms with Crippen LogP contribution in [0.4, 0.5) is 0 Å². The van der Waals surface area contributed by atoms with Crippen LogP contribution in [0, 0.1) is 0 Å². The molecule has 0 unspecified atom stereocenters. The van der Waals surface area contributed by atoms with Crippen molar-refractivity contribution >= 4 is 5.91 Å². The van der Waals surface area contributed by atoms with Gasteiger partial charge in [-0.15, -0.1) is 0 Å². The zero-order chi connectivity index (χ0) is 11.5. The van der Waals surface area contributed by atoms with E-state index in [0.29, 0.717) is 11.6 Å². The first-order chi connectivity index (χ1) is 7.70. The van der Waals surface area contributed by atoms with Crippen molar-refractivity contribution in [1.29, 1.82) is 0 Å². The van der Waals surface area contributed by atoms with Gasteiger partial charge in [0.2, 0.25) is 0 Å². The third kappa shape index (κ3) is 2.23. The van der Waals surface area contributed by atoms with Crippen LogP contribution in [0.5, 0.6) is 0 Å². The Bertz CT molecular complexity index is 371. The predicted molar refractivity (Wildman–Crippen MR) is 58.1 cm³/mol. The number of aromatic nitrogens is 2. The van der Waals surface area contributed by atoms with Gasteiger partial charge in [-0.05, 0) is 0 Å². The van der Waals surface area contributed by atoms with Gasteiger partial charge in [0.15, 0.2) is 0 Å². The van der Waals surface area contributed by atoms with Crippen LogP contribution < -0.4 is 5.73 Å². The van der Waals surface area contributed by atoms with Gasteiger partial charge in [0.05, 0.1) is 24.4 Å². The van der Waals surface area contributed by atoms with Gasteiger partial charge in [-0.3, -0.25) is 14.4 Å². The van der Waals surface area contributed by atoms with Crippen LogP contribution in [-0.4, -0.2) is 53.9 Å². The molecule has 0 radical (unpaired) electrons. The lowest BCUT2D eigenvalue weighted by Crippen LogP contribution is -2.48. The number of ether oxygens (including phenoxy) is 1. The molecule has 6 heteroatoms. The number of nitrogens with zero attached hydrogens (tertiary/aromatic N) is 3. The third-order valence-corrected chi connectivity index (χ3v) is 2.81. The second-order valence-corrected chi connectivity index (χ2v) is 3.98. The number of amides is 1. The first-order valence-electron chi connectivity index (χ1n) is 5.26. The molecule has 2 N–H and O–H groups in total. The van der Waals surface area contributed by atoms with E-state index in [1.807, 2.05) is 4.68 Å². The summed E-state index contributed by atoms with van der Waals surface area (Å²) >= 11 is 0. The first-order valence-corrected chi connectivity index (χ1v) is 5.26. The van der Waals surface area contributed by atoms with Gasteiger partial charge in [-0.1, -0.05) is 0 Å². The van der Waals surface area contributed by atoms with Gasteiger partial charge >= 0.3 is 0 Å². The van der Waals surface area contributed by atoms with E-state index in [-0.39, 0.29) is 0 Å². The molecule has 1 amide bonds. The van der Waals surface area contributed by atoms with Crippen molar-refractivity contribution in [1.82, 2.24) is 14.7 Å². The van der Waals surface area contributed by atoms with Crippen molar-refractivity contribution in [3.05, 3.63) is 18.0 Å². The summed E-state index contributed by atoms with van der Waals surface area (Å²) in [6, 6.07) is 0.352. The number of primary amides is 1. The first kappa shape index (κ1) is 11.1. The third-order valence-electron chi connectivity index (χ3n) is 2.81. The highest BCUT2D eigenvalue weighted by atomic mass is 16.5. The molecule has 6 nitrogen and oxygen atoms in total. The van der Waals surface area contributed by atoms with Gasteiger partial charge in [-0.2, -0.15) is 5.10 Å². The van der Waals surface area contributed by atoms with Gasteiger partial charge in [0.25, 0.3) is 5.91 Å². The Balaban J connectivity index is 1.84. The molecule has 0 aliphatic carbocycles. The molecule has 0 atom stereocenters. The van der Waals surface area contributed by atoms with E-state index < -0.39 is 5.91 Å². The highest BCUT2D eigenvalue weighted by Crippen LogP contribution is 2.19. The lowest BCUT2D eigenvalue weighted by atomic mass is 10.1. The van der Waals surface area contributed by atoms with E-state index >= 15 is 0 Å². The number of hydrogen-bond acceptors (Lipinski definition) is 4. The van der Waals surface area contributed by atoms with Crippen molar-refractivity contribution in [2.75, 3.05) is 33.4 Å². The van der Waals surface area contributed by atoms with Crippen molar-refractivity contribution in [2.24, 2.45) is 5.73 Å². The van der Waals surface area contributed by atoms with Crippen LogP contribution in [0.1, 0.15) is 16.4 Å². The second-order valence-electron chi connectivity index (χ2n) is 3.98. The van der Waals surface area contributed by atoms with Gasteiger partial charge in [0, 0.05) is 32.9 Å². The number of likely N-dealkylation sites (tertiary alicyclic amines) is 1.